The average Bonchev–Trinajstić information content (AvgIpc) is 2.62. The molecule has 3 rings (SSSR count). The van der Waals surface area contributed by atoms with Gasteiger partial charge in [-0.3, -0.25) is 14.6 Å². The van der Waals surface area contributed by atoms with E-state index in [1.54, 1.807) is 32.4 Å². The van der Waals surface area contributed by atoms with Gasteiger partial charge in [-0.2, -0.15) is 0 Å². The highest BCUT2D eigenvalue weighted by molar-refractivity contribution is 6.06. The Morgan fingerprint density at radius 2 is 2.08 bits per heavy atom. The minimum absolute atomic E-state index is 0.0718. The van der Waals surface area contributed by atoms with Crippen LogP contribution in [-0.4, -0.2) is 29.2 Å². The van der Waals surface area contributed by atoms with Crippen LogP contribution in [0.25, 0.3) is 10.9 Å². The van der Waals surface area contributed by atoms with E-state index in [4.69, 9.17) is 4.74 Å². The van der Waals surface area contributed by atoms with Crippen molar-refractivity contribution in [2.24, 2.45) is 0 Å². The monoisotopic (exact) mass is 355 g/mol. The molecule has 0 saturated carbocycles. The summed E-state index contributed by atoms with van der Waals surface area (Å²) in [5.41, 5.74) is 1.00. The van der Waals surface area contributed by atoms with Crippen molar-refractivity contribution in [1.82, 2.24) is 9.55 Å². The Balaban J connectivity index is 2.01. The number of ether oxygens (including phenoxy) is 1. The van der Waals surface area contributed by atoms with Gasteiger partial charge in [0.1, 0.15) is 5.82 Å². The molecule has 3 aromatic rings. The van der Waals surface area contributed by atoms with Gasteiger partial charge in [-0.25, -0.2) is 4.39 Å². The third-order valence-corrected chi connectivity index (χ3v) is 4.05. The third kappa shape index (κ3) is 3.48. The van der Waals surface area contributed by atoms with Crippen LogP contribution in [0.15, 0.2) is 47.4 Å². The maximum absolute atomic E-state index is 13.8. The van der Waals surface area contributed by atoms with E-state index < -0.39 is 11.7 Å². The van der Waals surface area contributed by atoms with Gasteiger partial charge in [-0.1, -0.05) is 12.1 Å². The number of rotatable bonds is 5. The zero-order chi connectivity index (χ0) is 18.7. The first kappa shape index (κ1) is 17.8. The summed E-state index contributed by atoms with van der Waals surface area (Å²) in [6.07, 6.45) is 1.65. The van der Waals surface area contributed by atoms with Crippen LogP contribution in [0.4, 0.5) is 10.1 Å². The summed E-state index contributed by atoms with van der Waals surface area (Å²) in [4.78, 5) is 29.5. The molecule has 1 aromatic carbocycles. The van der Waals surface area contributed by atoms with E-state index in [-0.39, 0.29) is 16.8 Å². The van der Waals surface area contributed by atoms with Crippen molar-refractivity contribution in [1.29, 1.82) is 0 Å². The smallest absolute Gasteiger partial charge is 0.260 e. The van der Waals surface area contributed by atoms with E-state index in [0.717, 1.165) is 0 Å². The van der Waals surface area contributed by atoms with Gasteiger partial charge in [0.15, 0.2) is 0 Å². The summed E-state index contributed by atoms with van der Waals surface area (Å²) in [6, 6.07) is 9.11. The zero-order valence-corrected chi connectivity index (χ0v) is 14.5. The van der Waals surface area contributed by atoms with Crippen molar-refractivity contribution >= 4 is 22.5 Å². The van der Waals surface area contributed by atoms with Gasteiger partial charge in [-0.15, -0.1) is 0 Å². The molecular formula is C19H18FN3O3. The molecule has 1 amide bonds. The second-order valence-corrected chi connectivity index (χ2v) is 5.80. The lowest BCUT2D eigenvalue weighted by molar-refractivity contribution is 0.102. The molecule has 26 heavy (non-hydrogen) atoms. The van der Waals surface area contributed by atoms with Crippen molar-refractivity contribution in [2.45, 2.75) is 13.5 Å². The third-order valence-electron chi connectivity index (χ3n) is 4.05. The predicted octanol–water partition coefficient (Wildman–Crippen LogP) is 2.74. The van der Waals surface area contributed by atoms with E-state index >= 15 is 0 Å². The van der Waals surface area contributed by atoms with Gasteiger partial charge >= 0.3 is 0 Å². The molecule has 2 heterocycles. The number of carbonyl (C=O) groups excluding carboxylic acids is 1. The molecule has 1 N–H and O–H groups in total. The fourth-order valence-electron chi connectivity index (χ4n) is 2.65. The number of aryl methyl sites for hydroxylation is 1. The standard InChI is InChI=1S/C19H18FN3O3/c1-12-13(18(24)22-17-6-4-3-5-15(17)20)11-14-16(21-12)7-8-23(19(14)25)9-10-26-2/h3-8,11H,9-10H2,1-2H3,(H,22,24). The average molecular weight is 355 g/mol. The van der Waals surface area contributed by atoms with Gasteiger partial charge in [0.25, 0.3) is 11.5 Å². The number of hydrogen-bond donors (Lipinski definition) is 1. The molecule has 6 nitrogen and oxygen atoms in total. The summed E-state index contributed by atoms with van der Waals surface area (Å²) in [7, 11) is 1.56. The van der Waals surface area contributed by atoms with Gasteiger partial charge < -0.3 is 14.6 Å². The van der Waals surface area contributed by atoms with E-state index in [0.29, 0.717) is 29.7 Å². The zero-order valence-electron chi connectivity index (χ0n) is 14.5. The first-order valence-electron chi connectivity index (χ1n) is 8.07. The van der Waals surface area contributed by atoms with Gasteiger partial charge in [-0.05, 0) is 31.2 Å². The number of benzene rings is 1. The predicted molar refractivity (Wildman–Crippen MR) is 97.0 cm³/mol. The number of methoxy groups -OCH3 is 1. The Labute approximate surface area is 149 Å². The highest BCUT2D eigenvalue weighted by atomic mass is 19.1. The minimum atomic E-state index is -0.533. The van der Waals surface area contributed by atoms with Crippen molar-refractivity contribution in [3.8, 4) is 0 Å². The summed E-state index contributed by atoms with van der Waals surface area (Å²) in [6.45, 7) is 2.47. The molecule has 7 heteroatoms. The Hall–Kier alpha value is -3.06. The first-order valence-corrected chi connectivity index (χ1v) is 8.07. The Morgan fingerprint density at radius 3 is 2.81 bits per heavy atom. The van der Waals surface area contributed by atoms with E-state index in [9.17, 15) is 14.0 Å². The fourth-order valence-corrected chi connectivity index (χ4v) is 2.65. The summed E-state index contributed by atoms with van der Waals surface area (Å²) >= 11 is 0. The number of nitrogens with one attached hydrogen (secondary N) is 1. The minimum Gasteiger partial charge on any atom is -0.383 e. The second kappa shape index (κ2) is 7.45. The lowest BCUT2D eigenvalue weighted by Crippen LogP contribution is -2.23. The number of carbonyl (C=O) groups is 1. The topological polar surface area (TPSA) is 73.2 Å². The molecule has 0 saturated heterocycles. The van der Waals surface area contributed by atoms with Crippen molar-refractivity contribution in [3.63, 3.8) is 0 Å². The van der Waals surface area contributed by atoms with Crippen LogP contribution in [0.3, 0.4) is 0 Å². The highest BCUT2D eigenvalue weighted by Crippen LogP contribution is 2.17. The largest absolute Gasteiger partial charge is 0.383 e. The van der Waals surface area contributed by atoms with Crippen LogP contribution in [0, 0.1) is 12.7 Å². The second-order valence-electron chi connectivity index (χ2n) is 5.80. The Morgan fingerprint density at radius 1 is 1.31 bits per heavy atom. The fraction of sp³-hybridized carbons (Fsp3) is 0.211. The quantitative estimate of drug-likeness (QED) is 0.764. The number of para-hydroxylation sites is 1. The summed E-state index contributed by atoms with van der Waals surface area (Å²) in [5, 5.41) is 2.84. The van der Waals surface area contributed by atoms with Crippen molar-refractivity contribution in [3.05, 3.63) is 70.0 Å². The SMILES string of the molecule is COCCn1ccc2nc(C)c(C(=O)Nc3ccccc3F)cc2c1=O. The molecule has 2 aromatic heterocycles. The number of pyridine rings is 2. The molecule has 0 aliphatic carbocycles. The van der Waals surface area contributed by atoms with E-state index in [1.165, 1.54) is 28.8 Å². The molecule has 0 unspecified atom stereocenters. The number of anilines is 1. The van der Waals surface area contributed by atoms with E-state index in [2.05, 4.69) is 10.3 Å². The Bertz CT molecular complexity index is 1030. The number of halogens is 1. The normalized spacial score (nSPS) is 10.9. The number of fused-ring (bicyclic) bond motifs is 1. The maximum atomic E-state index is 13.8. The van der Waals surface area contributed by atoms with Gasteiger partial charge in [0.05, 0.1) is 34.5 Å². The molecule has 0 aliphatic rings. The molecule has 0 aliphatic heterocycles. The molecule has 0 radical (unpaired) electrons. The molecule has 0 atom stereocenters. The maximum Gasteiger partial charge on any atom is 0.260 e. The van der Waals surface area contributed by atoms with Crippen LogP contribution in [-0.2, 0) is 11.3 Å². The number of aromatic nitrogens is 2. The summed E-state index contributed by atoms with van der Waals surface area (Å²) < 4.78 is 20.3. The van der Waals surface area contributed by atoms with E-state index in [1.807, 2.05) is 0 Å². The van der Waals surface area contributed by atoms with Crippen LogP contribution in [0.5, 0.6) is 0 Å². The molecular weight excluding hydrogens is 337 g/mol. The number of nitrogens with zero attached hydrogens (tertiary/aromatic N) is 2. The molecule has 0 fully saturated rings. The van der Waals surface area contributed by atoms with Crippen LogP contribution in [0.2, 0.25) is 0 Å². The van der Waals surface area contributed by atoms with Crippen molar-refractivity contribution in [2.75, 3.05) is 19.0 Å². The molecule has 134 valence electrons. The lowest BCUT2D eigenvalue weighted by atomic mass is 10.1. The number of hydrogen-bond acceptors (Lipinski definition) is 4. The lowest BCUT2D eigenvalue weighted by Gasteiger charge is -2.11. The van der Waals surface area contributed by atoms with Crippen LogP contribution in [0.1, 0.15) is 16.1 Å². The van der Waals surface area contributed by atoms with Crippen LogP contribution >= 0.6 is 0 Å². The molecule has 0 spiro atoms. The first-order chi connectivity index (χ1) is 12.5. The van der Waals surface area contributed by atoms with Gasteiger partial charge in [0, 0.05) is 19.9 Å². The molecule has 0 bridgehead atoms. The summed E-state index contributed by atoms with van der Waals surface area (Å²) in [5.74, 6) is -1.05. The number of amides is 1. The van der Waals surface area contributed by atoms with Crippen molar-refractivity contribution < 1.29 is 13.9 Å². The van der Waals surface area contributed by atoms with Gasteiger partial charge in [0.2, 0.25) is 0 Å². The van der Waals surface area contributed by atoms with Crippen LogP contribution < -0.4 is 10.9 Å². The Kier molecular flexibility index (Phi) is 5.09. The highest BCUT2D eigenvalue weighted by Gasteiger charge is 2.15.